The summed E-state index contributed by atoms with van der Waals surface area (Å²) in [6.07, 6.45) is 1.16. The van der Waals surface area contributed by atoms with Gasteiger partial charge >= 0.3 is 0 Å². The molecule has 0 radical (unpaired) electrons. The van der Waals surface area contributed by atoms with E-state index in [1.165, 1.54) is 21.5 Å². The van der Waals surface area contributed by atoms with Crippen molar-refractivity contribution >= 4 is 28.2 Å². The summed E-state index contributed by atoms with van der Waals surface area (Å²) in [5.41, 5.74) is 1.32. The highest BCUT2D eigenvalue weighted by Gasteiger charge is 2.23. The van der Waals surface area contributed by atoms with Gasteiger partial charge in [0.2, 0.25) is 0 Å². The molecule has 2 unspecified atom stereocenters. The first-order chi connectivity index (χ1) is 9.65. The van der Waals surface area contributed by atoms with Crippen molar-refractivity contribution in [2.24, 2.45) is 0 Å². The van der Waals surface area contributed by atoms with E-state index in [-0.39, 0.29) is 0 Å². The molecule has 1 aliphatic rings. The van der Waals surface area contributed by atoms with Crippen LogP contribution < -0.4 is 10.2 Å². The smallest absolute Gasteiger partial charge is 0.185 e. The van der Waals surface area contributed by atoms with Gasteiger partial charge in [-0.25, -0.2) is 4.98 Å². The number of thiazole rings is 1. The van der Waals surface area contributed by atoms with E-state index < -0.39 is 0 Å². The molecule has 1 aromatic rings. The van der Waals surface area contributed by atoms with E-state index in [2.05, 4.69) is 49.7 Å². The van der Waals surface area contributed by atoms with Crippen molar-refractivity contribution in [1.29, 1.82) is 0 Å². The average molecular weight is 314 g/mol. The Bertz CT molecular complexity index is 419. The number of nitrogens with zero attached hydrogens (tertiary/aromatic N) is 2. The van der Waals surface area contributed by atoms with E-state index in [9.17, 15) is 0 Å². The first-order valence-corrected chi connectivity index (χ1v) is 9.59. The second-order valence-electron chi connectivity index (χ2n) is 5.52. The Morgan fingerprint density at radius 3 is 2.90 bits per heavy atom. The second-order valence-corrected chi connectivity index (χ2v) is 8.13. The summed E-state index contributed by atoms with van der Waals surface area (Å²) in [4.78, 5) is 8.90. The number of aromatic nitrogens is 1. The molecule has 20 heavy (non-hydrogen) atoms. The molecule has 1 fully saturated rings. The first kappa shape index (κ1) is 16.1. The number of anilines is 1. The van der Waals surface area contributed by atoms with E-state index in [0.717, 1.165) is 37.8 Å². The van der Waals surface area contributed by atoms with Gasteiger partial charge in [0.05, 0.1) is 5.69 Å². The van der Waals surface area contributed by atoms with Gasteiger partial charge in [-0.15, -0.1) is 11.3 Å². The zero-order valence-corrected chi connectivity index (χ0v) is 14.7. The predicted octanol–water partition coefficient (Wildman–Crippen LogP) is 3.71. The fourth-order valence-corrected chi connectivity index (χ4v) is 4.62. The minimum atomic E-state index is 0.560. The minimum absolute atomic E-state index is 0.560. The quantitative estimate of drug-likeness (QED) is 0.866. The number of hydrogen-bond donors (Lipinski definition) is 1. The molecule has 0 aromatic carbocycles. The van der Waals surface area contributed by atoms with E-state index in [1.807, 2.05) is 11.3 Å². The highest BCUT2D eigenvalue weighted by molar-refractivity contribution is 8.00. The van der Waals surface area contributed by atoms with Crippen molar-refractivity contribution in [2.45, 2.75) is 51.8 Å². The van der Waals surface area contributed by atoms with E-state index in [1.54, 1.807) is 0 Å². The molecule has 0 bridgehead atoms. The Labute approximate surface area is 131 Å². The van der Waals surface area contributed by atoms with Crippen molar-refractivity contribution in [3.8, 4) is 0 Å². The van der Waals surface area contributed by atoms with Crippen LogP contribution in [-0.4, -0.2) is 35.6 Å². The van der Waals surface area contributed by atoms with Crippen LogP contribution in [0.1, 0.15) is 50.6 Å². The van der Waals surface area contributed by atoms with Crippen LogP contribution in [0.3, 0.4) is 0 Å². The Hall–Kier alpha value is -0.260. The molecule has 2 rings (SSSR count). The third-order valence-corrected chi connectivity index (χ3v) is 6.11. The maximum absolute atomic E-state index is 4.99. The summed E-state index contributed by atoms with van der Waals surface area (Å²) in [5.74, 6) is 1.78. The lowest BCUT2D eigenvalue weighted by atomic mass is 10.0. The van der Waals surface area contributed by atoms with Crippen molar-refractivity contribution < 1.29 is 0 Å². The number of rotatable bonds is 6. The predicted molar refractivity (Wildman–Crippen MR) is 92.3 cm³/mol. The van der Waals surface area contributed by atoms with Gasteiger partial charge in [-0.2, -0.15) is 11.8 Å². The zero-order valence-electron chi connectivity index (χ0n) is 13.1. The number of nitrogens with one attached hydrogen (secondary N) is 1. The fraction of sp³-hybridized carbons (Fsp3) is 0.800. The molecule has 0 spiro atoms. The molecule has 1 aliphatic heterocycles. The lowest BCUT2D eigenvalue weighted by molar-refractivity contribution is 0.675. The van der Waals surface area contributed by atoms with E-state index in [4.69, 9.17) is 4.98 Å². The van der Waals surface area contributed by atoms with Crippen LogP contribution in [0.4, 0.5) is 5.13 Å². The van der Waals surface area contributed by atoms with Gasteiger partial charge in [0, 0.05) is 35.5 Å². The normalized spacial score (nSPS) is 21.2. The molecule has 3 nitrogen and oxygen atoms in total. The standard InChI is InChI=1S/C15H27N3S2/c1-5-11(3)14-13(9-16-6-2)20-15(17-14)18-7-8-19-12(4)10-18/h11-12,16H,5-10H2,1-4H3. The number of thioether (sulfide) groups is 1. The van der Waals surface area contributed by atoms with Crippen molar-refractivity contribution in [3.63, 3.8) is 0 Å². The molecule has 0 saturated carbocycles. The lowest BCUT2D eigenvalue weighted by Crippen LogP contribution is -2.36. The van der Waals surface area contributed by atoms with Crippen molar-refractivity contribution in [3.05, 3.63) is 10.6 Å². The minimum Gasteiger partial charge on any atom is -0.346 e. The highest BCUT2D eigenvalue weighted by Crippen LogP contribution is 2.34. The van der Waals surface area contributed by atoms with E-state index >= 15 is 0 Å². The summed E-state index contributed by atoms with van der Waals surface area (Å²) in [5, 5.41) is 5.41. The van der Waals surface area contributed by atoms with Gasteiger partial charge in [0.1, 0.15) is 0 Å². The van der Waals surface area contributed by atoms with Gasteiger partial charge in [-0.1, -0.05) is 27.7 Å². The van der Waals surface area contributed by atoms with E-state index in [0.29, 0.717) is 5.92 Å². The molecular weight excluding hydrogens is 286 g/mol. The maximum Gasteiger partial charge on any atom is 0.185 e. The van der Waals surface area contributed by atoms with Crippen LogP contribution in [0.15, 0.2) is 0 Å². The van der Waals surface area contributed by atoms with Crippen LogP contribution >= 0.6 is 23.1 Å². The van der Waals surface area contributed by atoms with Gasteiger partial charge in [-0.05, 0) is 18.9 Å². The monoisotopic (exact) mass is 313 g/mol. The maximum atomic E-state index is 4.99. The molecule has 2 heterocycles. The van der Waals surface area contributed by atoms with Crippen molar-refractivity contribution in [2.75, 3.05) is 30.3 Å². The van der Waals surface area contributed by atoms with Crippen LogP contribution in [0, 0.1) is 0 Å². The molecular formula is C15H27N3S2. The molecule has 0 aliphatic carbocycles. The molecule has 1 saturated heterocycles. The van der Waals surface area contributed by atoms with Crippen LogP contribution in [-0.2, 0) is 6.54 Å². The molecule has 2 atom stereocenters. The highest BCUT2D eigenvalue weighted by atomic mass is 32.2. The van der Waals surface area contributed by atoms with Crippen molar-refractivity contribution in [1.82, 2.24) is 10.3 Å². The summed E-state index contributed by atoms with van der Waals surface area (Å²) in [7, 11) is 0. The largest absolute Gasteiger partial charge is 0.346 e. The summed E-state index contributed by atoms with van der Waals surface area (Å²) in [6, 6.07) is 0. The van der Waals surface area contributed by atoms with Gasteiger partial charge in [-0.3, -0.25) is 0 Å². The van der Waals surface area contributed by atoms with Crippen LogP contribution in [0.2, 0.25) is 0 Å². The third-order valence-electron chi connectivity index (χ3n) is 3.84. The SMILES string of the molecule is CCNCc1sc(N2CCSC(C)C2)nc1C(C)CC. The van der Waals surface area contributed by atoms with Gasteiger partial charge in [0.15, 0.2) is 5.13 Å². The van der Waals surface area contributed by atoms with Crippen LogP contribution in [0.5, 0.6) is 0 Å². The molecule has 114 valence electrons. The zero-order chi connectivity index (χ0) is 14.5. The Balaban J connectivity index is 2.18. The van der Waals surface area contributed by atoms with Gasteiger partial charge < -0.3 is 10.2 Å². The molecule has 5 heteroatoms. The van der Waals surface area contributed by atoms with Gasteiger partial charge in [0.25, 0.3) is 0 Å². The Morgan fingerprint density at radius 2 is 2.25 bits per heavy atom. The summed E-state index contributed by atoms with van der Waals surface area (Å²) in [6.45, 7) is 13.3. The number of hydrogen-bond acceptors (Lipinski definition) is 5. The Kier molecular flexibility index (Phi) is 6.18. The first-order valence-electron chi connectivity index (χ1n) is 7.72. The lowest BCUT2D eigenvalue weighted by Gasteiger charge is -2.30. The second kappa shape index (κ2) is 7.66. The Morgan fingerprint density at radius 1 is 1.45 bits per heavy atom. The fourth-order valence-electron chi connectivity index (χ4n) is 2.42. The molecule has 1 aromatic heterocycles. The molecule has 1 N–H and O–H groups in total. The molecule has 0 amide bonds. The topological polar surface area (TPSA) is 28.2 Å². The van der Waals surface area contributed by atoms with Crippen LogP contribution in [0.25, 0.3) is 0 Å². The average Bonchev–Trinajstić information content (AvgIpc) is 2.88. The summed E-state index contributed by atoms with van der Waals surface area (Å²) < 4.78 is 0. The summed E-state index contributed by atoms with van der Waals surface area (Å²) >= 11 is 3.97. The third kappa shape index (κ3) is 3.89.